The number of halogens is 1. The van der Waals surface area contributed by atoms with Gasteiger partial charge in [-0.2, -0.15) is 0 Å². The van der Waals surface area contributed by atoms with Crippen molar-refractivity contribution in [3.8, 4) is 17.2 Å². The van der Waals surface area contributed by atoms with Crippen molar-refractivity contribution in [3.05, 3.63) is 97.2 Å². The molecule has 36 heavy (non-hydrogen) atoms. The Kier molecular flexibility index (Phi) is 6.92. The molecule has 11 nitrogen and oxygen atoms in total. The molecule has 0 saturated carbocycles. The molecule has 182 valence electrons. The van der Waals surface area contributed by atoms with E-state index in [9.17, 15) is 29.4 Å². The number of nitro groups is 2. The number of amidine groups is 1. The average Bonchev–Trinajstić information content (AvgIpc) is 3.19. The number of ether oxygens (including phenoxy) is 2. The monoisotopic (exact) mass is 510 g/mol. The number of methoxy groups -OCH3 is 1. The summed E-state index contributed by atoms with van der Waals surface area (Å²) < 4.78 is 24.0. The van der Waals surface area contributed by atoms with Gasteiger partial charge < -0.3 is 14.8 Å². The van der Waals surface area contributed by atoms with Gasteiger partial charge in [0.15, 0.2) is 16.7 Å². The lowest BCUT2D eigenvalue weighted by Crippen LogP contribution is -2.19. The molecule has 3 aromatic carbocycles. The number of nitrogens with zero attached hydrogens (tertiary/aromatic N) is 3. The van der Waals surface area contributed by atoms with Gasteiger partial charge in [-0.15, -0.1) is 0 Å². The van der Waals surface area contributed by atoms with Crippen LogP contribution in [0.25, 0.3) is 6.08 Å². The van der Waals surface area contributed by atoms with Gasteiger partial charge in [0, 0.05) is 6.07 Å². The second-order valence-corrected chi connectivity index (χ2v) is 8.17. The second kappa shape index (κ2) is 10.2. The minimum atomic E-state index is -0.783. The number of non-ortho nitro benzene ring substituents is 1. The van der Waals surface area contributed by atoms with Crippen LogP contribution in [0.5, 0.6) is 17.2 Å². The quantitative estimate of drug-likeness (QED) is 0.255. The molecule has 0 bridgehead atoms. The number of thioether (sulfide) groups is 1. The highest BCUT2D eigenvalue weighted by Gasteiger charge is 2.25. The smallest absolute Gasteiger partial charge is 0.318 e. The van der Waals surface area contributed by atoms with Crippen molar-refractivity contribution >= 4 is 46.0 Å². The lowest BCUT2D eigenvalue weighted by molar-refractivity contribution is -0.394. The van der Waals surface area contributed by atoms with Gasteiger partial charge in [-0.3, -0.25) is 25.0 Å². The predicted molar refractivity (Wildman–Crippen MR) is 130 cm³/mol. The van der Waals surface area contributed by atoms with Gasteiger partial charge in [0.25, 0.3) is 11.6 Å². The van der Waals surface area contributed by atoms with Gasteiger partial charge in [0.2, 0.25) is 5.75 Å². The highest BCUT2D eigenvalue weighted by molar-refractivity contribution is 8.18. The highest BCUT2D eigenvalue weighted by Crippen LogP contribution is 2.39. The van der Waals surface area contributed by atoms with Crippen LogP contribution in [0.2, 0.25) is 0 Å². The molecule has 4 rings (SSSR count). The fourth-order valence-electron chi connectivity index (χ4n) is 3.09. The third-order valence-corrected chi connectivity index (χ3v) is 5.67. The fourth-order valence-corrected chi connectivity index (χ4v) is 3.93. The number of benzene rings is 3. The van der Waals surface area contributed by atoms with Crippen molar-refractivity contribution < 1.29 is 28.5 Å². The minimum absolute atomic E-state index is 0.124. The number of hydrogen-bond donors (Lipinski definition) is 1. The third kappa shape index (κ3) is 5.47. The van der Waals surface area contributed by atoms with Crippen LogP contribution >= 0.6 is 11.8 Å². The lowest BCUT2D eigenvalue weighted by atomic mass is 10.2. The maximum absolute atomic E-state index is 13.1. The van der Waals surface area contributed by atoms with Gasteiger partial charge in [0.1, 0.15) is 5.82 Å². The Hall–Kier alpha value is -4.78. The molecule has 0 atom stereocenters. The molecule has 1 fully saturated rings. The molecular formula is C23H15FN4O7S. The summed E-state index contributed by atoms with van der Waals surface area (Å²) in [5, 5.41) is 25.3. The van der Waals surface area contributed by atoms with Gasteiger partial charge in [-0.25, -0.2) is 9.38 Å². The van der Waals surface area contributed by atoms with Crippen molar-refractivity contribution in [1.82, 2.24) is 5.32 Å². The van der Waals surface area contributed by atoms with E-state index in [1.54, 1.807) is 18.2 Å². The summed E-state index contributed by atoms with van der Waals surface area (Å²) in [6, 6.07) is 13.2. The minimum Gasteiger partial charge on any atom is -0.493 e. The Labute approximate surface area is 206 Å². The molecule has 13 heteroatoms. The maximum atomic E-state index is 13.1. The van der Waals surface area contributed by atoms with Crippen LogP contribution in [0, 0.1) is 26.0 Å². The fraction of sp³-hybridized carbons (Fsp3) is 0.0435. The molecule has 0 spiro atoms. The van der Waals surface area contributed by atoms with E-state index in [0.717, 1.165) is 30.0 Å². The number of hydrogen-bond acceptors (Lipinski definition) is 9. The summed E-state index contributed by atoms with van der Waals surface area (Å²) in [5.74, 6) is -0.643. The molecule has 1 aliphatic heterocycles. The van der Waals surface area contributed by atoms with Crippen molar-refractivity contribution in [3.63, 3.8) is 0 Å². The first-order valence-corrected chi connectivity index (χ1v) is 10.9. The topological polar surface area (TPSA) is 146 Å². The summed E-state index contributed by atoms with van der Waals surface area (Å²) in [7, 11) is 1.37. The molecule has 1 saturated heterocycles. The zero-order valence-corrected chi connectivity index (χ0v) is 19.2. The van der Waals surface area contributed by atoms with Gasteiger partial charge in [-0.05, 0) is 65.9 Å². The molecular weight excluding hydrogens is 495 g/mol. The Balaban J connectivity index is 1.57. The number of rotatable bonds is 7. The van der Waals surface area contributed by atoms with Crippen molar-refractivity contribution in [1.29, 1.82) is 0 Å². The van der Waals surface area contributed by atoms with E-state index in [-0.39, 0.29) is 23.2 Å². The number of nitrogens with one attached hydrogen (secondary N) is 1. The Morgan fingerprint density at radius 3 is 2.36 bits per heavy atom. The number of nitro benzene ring substituents is 2. The van der Waals surface area contributed by atoms with Crippen LogP contribution in [-0.4, -0.2) is 28.0 Å². The Morgan fingerprint density at radius 1 is 0.972 bits per heavy atom. The molecule has 3 aromatic rings. The summed E-state index contributed by atoms with van der Waals surface area (Å²) >= 11 is 1.10. The number of aliphatic imine (C=N–C) groups is 1. The van der Waals surface area contributed by atoms with E-state index < -0.39 is 27.0 Å². The second-order valence-electron chi connectivity index (χ2n) is 7.14. The Bertz CT molecular complexity index is 1440. The van der Waals surface area contributed by atoms with Crippen molar-refractivity contribution in [2.45, 2.75) is 0 Å². The zero-order valence-electron chi connectivity index (χ0n) is 18.3. The normalized spacial score (nSPS) is 15.1. The van der Waals surface area contributed by atoms with E-state index in [0.29, 0.717) is 21.3 Å². The highest BCUT2D eigenvalue weighted by atomic mass is 32.2. The molecule has 1 amide bonds. The number of carbonyl (C=O) groups is 1. The summed E-state index contributed by atoms with van der Waals surface area (Å²) in [6.07, 6.45) is 1.59. The zero-order chi connectivity index (χ0) is 25.8. The summed E-state index contributed by atoms with van der Waals surface area (Å²) in [4.78, 5) is 37.8. The molecule has 1 heterocycles. The first-order valence-electron chi connectivity index (χ1n) is 10.1. The lowest BCUT2D eigenvalue weighted by Gasteiger charge is -2.11. The van der Waals surface area contributed by atoms with Crippen LogP contribution in [0.4, 0.5) is 21.5 Å². The summed E-state index contributed by atoms with van der Waals surface area (Å²) in [5.41, 5.74) is 0.0177. The van der Waals surface area contributed by atoms with Crippen molar-refractivity contribution in [2.24, 2.45) is 4.99 Å². The van der Waals surface area contributed by atoms with Crippen LogP contribution in [0.15, 0.2) is 70.6 Å². The summed E-state index contributed by atoms with van der Waals surface area (Å²) in [6.45, 7) is 0. The third-order valence-electron chi connectivity index (χ3n) is 4.76. The van der Waals surface area contributed by atoms with E-state index in [1.807, 2.05) is 0 Å². The largest absolute Gasteiger partial charge is 0.493 e. The van der Waals surface area contributed by atoms with E-state index >= 15 is 0 Å². The maximum Gasteiger partial charge on any atom is 0.318 e. The first kappa shape index (κ1) is 24.3. The SMILES string of the molecule is COc1cc(/C=C2/SC(=Nc3ccc(F)cc3)NC2=O)ccc1Oc1ccc([N+](=O)[O-])cc1[N+](=O)[O-]. The van der Waals surface area contributed by atoms with Crippen LogP contribution in [-0.2, 0) is 4.79 Å². The van der Waals surface area contributed by atoms with E-state index in [1.165, 1.54) is 37.4 Å². The van der Waals surface area contributed by atoms with E-state index in [2.05, 4.69) is 10.3 Å². The number of amides is 1. The molecule has 1 aliphatic rings. The molecule has 0 aromatic heterocycles. The standard InChI is InChI=1S/C23H15FN4O7S/c1-34-20-10-13(11-21-22(29)26-23(36-21)25-15-5-3-14(24)4-6-15)2-8-19(20)35-18-9-7-16(27(30)31)12-17(18)28(32)33/h2-12H,1H3,(H,25,26,29)/b21-11+. The predicted octanol–water partition coefficient (Wildman–Crippen LogP) is 5.33. The van der Waals surface area contributed by atoms with Crippen LogP contribution in [0.1, 0.15) is 5.56 Å². The average molecular weight is 510 g/mol. The molecule has 0 aliphatic carbocycles. The van der Waals surface area contributed by atoms with Crippen LogP contribution < -0.4 is 14.8 Å². The molecule has 1 N–H and O–H groups in total. The first-order chi connectivity index (χ1) is 17.2. The van der Waals surface area contributed by atoms with Gasteiger partial charge in [-0.1, -0.05) is 6.07 Å². The Morgan fingerprint density at radius 2 is 1.69 bits per heavy atom. The van der Waals surface area contributed by atoms with Gasteiger partial charge in [0.05, 0.1) is 33.6 Å². The van der Waals surface area contributed by atoms with Crippen LogP contribution in [0.3, 0.4) is 0 Å². The van der Waals surface area contributed by atoms with E-state index in [4.69, 9.17) is 9.47 Å². The van der Waals surface area contributed by atoms with Crippen molar-refractivity contribution in [2.75, 3.05) is 7.11 Å². The number of carbonyl (C=O) groups excluding carboxylic acids is 1. The molecule has 0 radical (unpaired) electrons. The molecule has 0 unspecified atom stereocenters. The van der Waals surface area contributed by atoms with Gasteiger partial charge >= 0.3 is 5.69 Å².